The van der Waals surface area contributed by atoms with Crippen molar-refractivity contribution in [3.8, 4) is 0 Å². The Morgan fingerprint density at radius 3 is 2.65 bits per heavy atom. The minimum Gasteiger partial charge on any atom is -0.313 e. The molecule has 0 spiro atoms. The van der Waals surface area contributed by atoms with Crippen LogP contribution in [-0.2, 0) is 0 Å². The maximum Gasteiger partial charge on any atom is 0.0440 e. The van der Waals surface area contributed by atoms with E-state index in [4.69, 9.17) is 11.6 Å². The quantitative estimate of drug-likeness (QED) is 0.867. The average Bonchev–Trinajstić information content (AvgIpc) is 2.23. The van der Waals surface area contributed by atoms with Crippen molar-refractivity contribution < 1.29 is 0 Å². The summed E-state index contributed by atoms with van der Waals surface area (Å²) in [6.07, 6.45) is 2.44. The van der Waals surface area contributed by atoms with E-state index in [9.17, 15) is 0 Å². The molecular weight excluding hydrogens is 232 g/mol. The largest absolute Gasteiger partial charge is 0.313 e. The first-order chi connectivity index (χ1) is 8.16. The van der Waals surface area contributed by atoms with E-state index >= 15 is 0 Å². The van der Waals surface area contributed by atoms with E-state index in [2.05, 4.69) is 36.4 Å². The molecule has 2 nitrogen and oxygen atoms in total. The first-order valence-corrected chi connectivity index (χ1v) is 6.67. The molecule has 0 amide bonds. The molecule has 0 aromatic heterocycles. The molecular formula is C14H21ClN2. The first-order valence-electron chi connectivity index (χ1n) is 6.29. The summed E-state index contributed by atoms with van der Waals surface area (Å²) in [5, 5.41) is 4.51. The Kier molecular flexibility index (Phi) is 4.43. The van der Waals surface area contributed by atoms with Gasteiger partial charge in [-0.1, -0.05) is 29.8 Å². The van der Waals surface area contributed by atoms with Gasteiger partial charge in [0.15, 0.2) is 0 Å². The average molecular weight is 253 g/mol. The van der Waals surface area contributed by atoms with Gasteiger partial charge < -0.3 is 10.2 Å². The number of nitrogens with zero attached hydrogens (tertiary/aromatic N) is 1. The monoisotopic (exact) mass is 252 g/mol. The third-order valence-electron chi connectivity index (χ3n) is 3.48. The number of hydrogen-bond donors (Lipinski definition) is 1. The minimum atomic E-state index is 0.653. The highest BCUT2D eigenvalue weighted by Crippen LogP contribution is 2.39. The Morgan fingerprint density at radius 2 is 2.00 bits per heavy atom. The van der Waals surface area contributed by atoms with Gasteiger partial charge in [-0.05, 0) is 44.5 Å². The van der Waals surface area contributed by atoms with Crippen molar-refractivity contribution in [2.24, 2.45) is 0 Å². The predicted molar refractivity (Wildman–Crippen MR) is 73.8 cm³/mol. The number of hydrogen-bond acceptors (Lipinski definition) is 2. The standard InChI is InChI=1S/C14H21ClN2/c1-17(2)8-7-16-12-9-11(10-12)13-5-3-4-6-14(13)15/h3-6,11-12,16H,7-10H2,1-2H3. The third kappa shape index (κ3) is 3.44. The van der Waals surface area contributed by atoms with E-state index < -0.39 is 0 Å². The summed E-state index contributed by atoms with van der Waals surface area (Å²) in [6, 6.07) is 8.90. The number of likely N-dealkylation sites (N-methyl/N-ethyl adjacent to an activating group) is 1. The molecule has 0 atom stereocenters. The first kappa shape index (κ1) is 12.9. The SMILES string of the molecule is CN(C)CCNC1CC(c2ccccc2Cl)C1. The maximum absolute atomic E-state index is 6.20. The summed E-state index contributed by atoms with van der Waals surface area (Å²) in [5.74, 6) is 0.653. The molecule has 1 aliphatic carbocycles. The molecule has 1 aliphatic rings. The van der Waals surface area contributed by atoms with Crippen LogP contribution >= 0.6 is 11.6 Å². The molecule has 0 aliphatic heterocycles. The predicted octanol–water partition coefficient (Wildman–Crippen LogP) is 2.74. The van der Waals surface area contributed by atoms with Gasteiger partial charge in [-0.3, -0.25) is 0 Å². The van der Waals surface area contributed by atoms with Crippen molar-refractivity contribution in [3.05, 3.63) is 34.9 Å². The molecule has 0 heterocycles. The van der Waals surface area contributed by atoms with Gasteiger partial charge in [-0.25, -0.2) is 0 Å². The molecule has 1 aromatic rings. The number of nitrogens with one attached hydrogen (secondary N) is 1. The molecule has 1 saturated carbocycles. The number of benzene rings is 1. The smallest absolute Gasteiger partial charge is 0.0440 e. The van der Waals surface area contributed by atoms with Gasteiger partial charge in [0.2, 0.25) is 0 Å². The van der Waals surface area contributed by atoms with Gasteiger partial charge in [-0.15, -0.1) is 0 Å². The molecule has 94 valence electrons. The van der Waals surface area contributed by atoms with Gasteiger partial charge in [0, 0.05) is 24.2 Å². The van der Waals surface area contributed by atoms with Crippen LogP contribution in [0.15, 0.2) is 24.3 Å². The van der Waals surface area contributed by atoms with Crippen LogP contribution in [0.3, 0.4) is 0 Å². The van der Waals surface area contributed by atoms with Crippen LogP contribution in [0.25, 0.3) is 0 Å². The third-order valence-corrected chi connectivity index (χ3v) is 3.82. The molecule has 0 saturated heterocycles. The second-order valence-corrected chi connectivity index (χ2v) is 5.55. The molecule has 0 radical (unpaired) electrons. The van der Waals surface area contributed by atoms with Crippen LogP contribution in [0.2, 0.25) is 5.02 Å². The van der Waals surface area contributed by atoms with E-state index in [1.165, 1.54) is 18.4 Å². The van der Waals surface area contributed by atoms with E-state index in [0.717, 1.165) is 18.1 Å². The lowest BCUT2D eigenvalue weighted by atomic mass is 9.76. The molecule has 17 heavy (non-hydrogen) atoms. The van der Waals surface area contributed by atoms with E-state index in [0.29, 0.717) is 12.0 Å². The van der Waals surface area contributed by atoms with Gasteiger partial charge in [0.25, 0.3) is 0 Å². The summed E-state index contributed by atoms with van der Waals surface area (Å²) >= 11 is 6.20. The lowest BCUT2D eigenvalue weighted by Gasteiger charge is -2.37. The van der Waals surface area contributed by atoms with Gasteiger partial charge in [-0.2, -0.15) is 0 Å². The fraction of sp³-hybridized carbons (Fsp3) is 0.571. The molecule has 2 rings (SSSR count). The topological polar surface area (TPSA) is 15.3 Å². The molecule has 0 unspecified atom stereocenters. The highest BCUT2D eigenvalue weighted by molar-refractivity contribution is 6.31. The fourth-order valence-corrected chi connectivity index (χ4v) is 2.63. The van der Waals surface area contributed by atoms with Crippen LogP contribution in [0.1, 0.15) is 24.3 Å². The van der Waals surface area contributed by atoms with Crippen LogP contribution in [0, 0.1) is 0 Å². The Bertz CT molecular complexity index is 359. The second-order valence-electron chi connectivity index (χ2n) is 5.14. The van der Waals surface area contributed by atoms with E-state index in [-0.39, 0.29) is 0 Å². The summed E-state index contributed by atoms with van der Waals surface area (Å²) < 4.78 is 0. The number of rotatable bonds is 5. The second kappa shape index (κ2) is 5.85. The molecule has 3 heteroatoms. The zero-order valence-electron chi connectivity index (χ0n) is 10.6. The highest BCUT2D eigenvalue weighted by atomic mass is 35.5. The van der Waals surface area contributed by atoms with Crippen LogP contribution in [0.5, 0.6) is 0 Å². The highest BCUT2D eigenvalue weighted by Gasteiger charge is 2.30. The van der Waals surface area contributed by atoms with Crippen molar-refractivity contribution in [3.63, 3.8) is 0 Å². The lowest BCUT2D eigenvalue weighted by molar-refractivity contribution is 0.278. The zero-order chi connectivity index (χ0) is 12.3. The zero-order valence-corrected chi connectivity index (χ0v) is 11.4. The van der Waals surface area contributed by atoms with Crippen molar-refractivity contribution in [2.45, 2.75) is 24.8 Å². The molecule has 0 bridgehead atoms. The molecule has 1 N–H and O–H groups in total. The molecule has 1 aromatic carbocycles. The normalized spacial score (nSPS) is 23.8. The van der Waals surface area contributed by atoms with Crippen molar-refractivity contribution in [1.82, 2.24) is 10.2 Å². The van der Waals surface area contributed by atoms with E-state index in [1.54, 1.807) is 0 Å². The number of halogens is 1. The van der Waals surface area contributed by atoms with Crippen molar-refractivity contribution in [1.29, 1.82) is 0 Å². The molecule has 1 fully saturated rings. The Hall–Kier alpha value is -0.570. The Balaban J connectivity index is 1.74. The fourth-order valence-electron chi connectivity index (χ4n) is 2.34. The van der Waals surface area contributed by atoms with Gasteiger partial charge in [0.1, 0.15) is 0 Å². The van der Waals surface area contributed by atoms with Crippen molar-refractivity contribution in [2.75, 3.05) is 27.2 Å². The van der Waals surface area contributed by atoms with Crippen LogP contribution in [-0.4, -0.2) is 38.1 Å². The van der Waals surface area contributed by atoms with Crippen LogP contribution in [0.4, 0.5) is 0 Å². The summed E-state index contributed by atoms with van der Waals surface area (Å²) in [6.45, 7) is 2.18. The lowest BCUT2D eigenvalue weighted by Crippen LogP contribution is -2.42. The Labute approximate surface area is 109 Å². The summed E-state index contributed by atoms with van der Waals surface area (Å²) in [5.41, 5.74) is 1.32. The summed E-state index contributed by atoms with van der Waals surface area (Å²) in [4.78, 5) is 2.21. The minimum absolute atomic E-state index is 0.653. The van der Waals surface area contributed by atoms with Gasteiger partial charge >= 0.3 is 0 Å². The van der Waals surface area contributed by atoms with E-state index in [1.807, 2.05) is 12.1 Å². The maximum atomic E-state index is 6.20. The van der Waals surface area contributed by atoms with Crippen molar-refractivity contribution >= 4 is 11.6 Å². The van der Waals surface area contributed by atoms with Gasteiger partial charge in [0.05, 0.1) is 0 Å². The Morgan fingerprint density at radius 1 is 1.29 bits per heavy atom. The summed E-state index contributed by atoms with van der Waals surface area (Å²) in [7, 11) is 4.21. The van der Waals surface area contributed by atoms with Crippen LogP contribution < -0.4 is 5.32 Å².